The van der Waals surface area contributed by atoms with Gasteiger partial charge in [0.2, 0.25) is 0 Å². The fraction of sp³-hybridized carbons (Fsp3) is 0.120. The van der Waals surface area contributed by atoms with Crippen LogP contribution < -0.4 is 9.47 Å². The number of imide groups is 1. The van der Waals surface area contributed by atoms with Crippen LogP contribution in [0, 0.1) is 0 Å². The fourth-order valence-electron chi connectivity index (χ4n) is 3.29. The van der Waals surface area contributed by atoms with Gasteiger partial charge in [0.1, 0.15) is 6.61 Å². The van der Waals surface area contributed by atoms with E-state index in [0.29, 0.717) is 32.0 Å². The minimum absolute atomic E-state index is 0.173. The molecular weight excluding hydrogens is 481 g/mol. The number of carbonyl (C=O) groups excluding carboxylic acids is 2. The molecule has 4 rings (SSSR count). The second-order valence-electron chi connectivity index (χ2n) is 7.16. The maximum atomic E-state index is 13.0. The molecule has 0 atom stereocenters. The van der Waals surface area contributed by atoms with Crippen LogP contribution in [0.5, 0.6) is 11.5 Å². The molecule has 168 valence electrons. The summed E-state index contributed by atoms with van der Waals surface area (Å²) in [6.45, 7) is 0.395. The quantitative estimate of drug-likeness (QED) is 0.334. The second kappa shape index (κ2) is 10.3. The molecule has 1 aliphatic rings. The normalized spacial score (nSPS) is 14.8. The lowest BCUT2D eigenvalue weighted by Gasteiger charge is -2.15. The van der Waals surface area contributed by atoms with Gasteiger partial charge in [-0.3, -0.25) is 14.5 Å². The monoisotopic (exact) mass is 499 g/mol. The molecule has 0 N–H and O–H groups in total. The predicted molar refractivity (Wildman–Crippen MR) is 132 cm³/mol. The highest BCUT2D eigenvalue weighted by Crippen LogP contribution is 2.38. The topological polar surface area (TPSA) is 55.8 Å². The Balaban J connectivity index is 1.59. The number of rotatable bonds is 7. The minimum Gasteiger partial charge on any atom is -0.493 e. The van der Waals surface area contributed by atoms with Crippen LogP contribution in [0.3, 0.4) is 0 Å². The third-order valence-corrected chi connectivity index (χ3v) is 6.45. The summed E-state index contributed by atoms with van der Waals surface area (Å²) in [7, 11) is 1.54. The number of ether oxygens (including phenoxy) is 2. The van der Waals surface area contributed by atoms with Gasteiger partial charge in [-0.2, -0.15) is 0 Å². The van der Waals surface area contributed by atoms with E-state index in [0.717, 1.165) is 22.9 Å². The first-order chi connectivity index (χ1) is 16.0. The number of carbonyl (C=O) groups is 2. The summed E-state index contributed by atoms with van der Waals surface area (Å²) in [5.41, 5.74) is 2.25. The van der Waals surface area contributed by atoms with Gasteiger partial charge in [-0.05, 0) is 41.6 Å². The van der Waals surface area contributed by atoms with Crippen molar-refractivity contribution < 1.29 is 19.1 Å². The van der Waals surface area contributed by atoms with Gasteiger partial charge in [0.15, 0.2) is 11.5 Å². The highest BCUT2D eigenvalue weighted by Gasteiger charge is 2.35. The second-order valence-corrected chi connectivity index (χ2v) is 8.99. The average Bonchev–Trinajstić information content (AvgIpc) is 3.07. The van der Waals surface area contributed by atoms with Crippen LogP contribution in [0.2, 0.25) is 10.0 Å². The summed E-state index contributed by atoms with van der Waals surface area (Å²) >= 11 is 13.1. The van der Waals surface area contributed by atoms with Crippen molar-refractivity contribution in [3.63, 3.8) is 0 Å². The van der Waals surface area contributed by atoms with Crippen LogP contribution in [-0.4, -0.2) is 23.2 Å². The van der Waals surface area contributed by atoms with E-state index in [9.17, 15) is 9.59 Å². The van der Waals surface area contributed by atoms with Crippen molar-refractivity contribution >= 4 is 52.2 Å². The van der Waals surface area contributed by atoms with E-state index in [2.05, 4.69) is 0 Å². The van der Waals surface area contributed by atoms with Crippen molar-refractivity contribution in [3.05, 3.63) is 98.4 Å². The van der Waals surface area contributed by atoms with Crippen LogP contribution in [0.15, 0.2) is 71.6 Å². The molecule has 0 aliphatic carbocycles. The van der Waals surface area contributed by atoms with Crippen molar-refractivity contribution in [2.75, 3.05) is 7.11 Å². The summed E-state index contributed by atoms with van der Waals surface area (Å²) in [6.07, 6.45) is 1.65. The summed E-state index contributed by atoms with van der Waals surface area (Å²) in [4.78, 5) is 27.0. The molecule has 0 saturated carbocycles. The van der Waals surface area contributed by atoms with Crippen LogP contribution >= 0.6 is 35.0 Å². The molecule has 0 bridgehead atoms. The number of para-hydroxylation sites is 1. The zero-order chi connectivity index (χ0) is 23.4. The third kappa shape index (κ3) is 5.36. The molecule has 0 aromatic heterocycles. The molecule has 0 radical (unpaired) electrons. The van der Waals surface area contributed by atoms with Gasteiger partial charge >= 0.3 is 0 Å². The molecule has 2 amide bonds. The van der Waals surface area contributed by atoms with E-state index in [1.165, 1.54) is 12.0 Å². The Morgan fingerprint density at radius 1 is 1.00 bits per heavy atom. The lowest BCUT2D eigenvalue weighted by Crippen LogP contribution is -2.27. The number of hydrogen-bond donors (Lipinski definition) is 0. The minimum atomic E-state index is -0.344. The van der Waals surface area contributed by atoms with Crippen molar-refractivity contribution in [1.29, 1.82) is 0 Å². The Bertz CT molecular complexity index is 1230. The largest absolute Gasteiger partial charge is 0.493 e. The lowest BCUT2D eigenvalue weighted by molar-refractivity contribution is -0.123. The van der Waals surface area contributed by atoms with Crippen LogP contribution in [0.25, 0.3) is 6.08 Å². The van der Waals surface area contributed by atoms with E-state index in [-0.39, 0.29) is 24.3 Å². The van der Waals surface area contributed by atoms with Gasteiger partial charge in [0.25, 0.3) is 11.1 Å². The first-order valence-electron chi connectivity index (χ1n) is 9.99. The zero-order valence-corrected chi connectivity index (χ0v) is 19.9. The van der Waals surface area contributed by atoms with Crippen LogP contribution in [0.4, 0.5) is 4.79 Å². The number of amides is 2. The van der Waals surface area contributed by atoms with Gasteiger partial charge in [-0.15, -0.1) is 0 Å². The molecule has 3 aromatic rings. The Kier molecular flexibility index (Phi) is 7.28. The third-order valence-electron chi connectivity index (χ3n) is 4.96. The van der Waals surface area contributed by atoms with Gasteiger partial charge < -0.3 is 9.47 Å². The van der Waals surface area contributed by atoms with Crippen molar-refractivity contribution in [3.8, 4) is 11.5 Å². The number of methoxy groups -OCH3 is 1. The van der Waals surface area contributed by atoms with Crippen molar-refractivity contribution in [1.82, 2.24) is 4.90 Å². The van der Waals surface area contributed by atoms with E-state index in [1.807, 2.05) is 30.3 Å². The van der Waals surface area contributed by atoms with Crippen LogP contribution in [0.1, 0.15) is 16.7 Å². The smallest absolute Gasteiger partial charge is 0.293 e. The molecule has 0 spiro atoms. The Morgan fingerprint density at radius 2 is 1.79 bits per heavy atom. The molecule has 0 unspecified atom stereocenters. The summed E-state index contributed by atoms with van der Waals surface area (Å²) in [5, 5.41) is 0.711. The number of benzene rings is 3. The molecular formula is C25H19Cl2NO4S. The highest BCUT2D eigenvalue weighted by molar-refractivity contribution is 8.18. The summed E-state index contributed by atoms with van der Waals surface area (Å²) in [5.74, 6) is 0.599. The number of nitrogens with zero attached hydrogens (tertiary/aromatic N) is 1. The molecule has 5 nitrogen and oxygen atoms in total. The van der Waals surface area contributed by atoms with Crippen LogP contribution in [-0.2, 0) is 17.9 Å². The number of hydrogen-bond acceptors (Lipinski definition) is 5. The molecule has 8 heteroatoms. The maximum Gasteiger partial charge on any atom is 0.293 e. The van der Waals surface area contributed by atoms with E-state index >= 15 is 0 Å². The first kappa shape index (κ1) is 23.2. The fourth-order valence-corrected chi connectivity index (χ4v) is 4.59. The molecule has 1 fully saturated rings. The standard InChI is InChI=1S/C25H19Cl2NO4S/c1-31-21-9-5-8-17(23(21)32-15-18-10-11-19(26)13-20(18)27)12-22-24(29)28(25(30)33-22)14-16-6-3-2-4-7-16/h2-13H,14-15H2,1H3/b22-12+. The average molecular weight is 500 g/mol. The van der Waals surface area contributed by atoms with E-state index < -0.39 is 0 Å². The highest BCUT2D eigenvalue weighted by atomic mass is 35.5. The zero-order valence-electron chi connectivity index (χ0n) is 17.6. The molecule has 1 aliphatic heterocycles. The van der Waals surface area contributed by atoms with Gasteiger partial charge in [-0.25, -0.2) is 0 Å². The summed E-state index contributed by atoms with van der Waals surface area (Å²) in [6, 6.07) is 19.9. The number of thioether (sulfide) groups is 1. The van der Waals surface area contributed by atoms with Gasteiger partial charge in [0, 0.05) is 21.2 Å². The Labute approximate surface area is 205 Å². The molecule has 1 saturated heterocycles. The molecule has 1 heterocycles. The molecule has 3 aromatic carbocycles. The predicted octanol–water partition coefficient (Wildman–Crippen LogP) is 6.82. The maximum absolute atomic E-state index is 13.0. The van der Waals surface area contributed by atoms with Crippen molar-refractivity contribution in [2.24, 2.45) is 0 Å². The number of halogens is 2. The lowest BCUT2D eigenvalue weighted by atomic mass is 10.1. The Hall–Kier alpha value is -2.93. The van der Waals surface area contributed by atoms with E-state index in [4.69, 9.17) is 32.7 Å². The summed E-state index contributed by atoms with van der Waals surface area (Å²) < 4.78 is 11.5. The Morgan fingerprint density at radius 3 is 2.52 bits per heavy atom. The van der Waals surface area contributed by atoms with Gasteiger partial charge in [-0.1, -0.05) is 71.7 Å². The van der Waals surface area contributed by atoms with Gasteiger partial charge in [0.05, 0.1) is 18.6 Å². The van der Waals surface area contributed by atoms with Crippen molar-refractivity contribution in [2.45, 2.75) is 13.2 Å². The van der Waals surface area contributed by atoms with E-state index in [1.54, 1.807) is 42.5 Å². The molecule has 33 heavy (non-hydrogen) atoms. The first-order valence-corrected chi connectivity index (χ1v) is 11.6. The SMILES string of the molecule is COc1cccc(/C=C2/SC(=O)N(Cc3ccccc3)C2=O)c1OCc1ccc(Cl)cc1Cl.